The van der Waals surface area contributed by atoms with Crippen molar-refractivity contribution in [3.63, 3.8) is 0 Å². The Morgan fingerprint density at radius 1 is 1.19 bits per heavy atom. The Balaban J connectivity index is 1.69. The summed E-state index contributed by atoms with van der Waals surface area (Å²) in [7, 11) is 1.53. The van der Waals surface area contributed by atoms with Crippen molar-refractivity contribution < 1.29 is 28.3 Å². The highest BCUT2D eigenvalue weighted by Gasteiger charge is 2.33. The molecule has 0 radical (unpaired) electrons. The van der Waals surface area contributed by atoms with Crippen LogP contribution in [0.25, 0.3) is 0 Å². The van der Waals surface area contributed by atoms with E-state index in [1.165, 1.54) is 7.11 Å². The molecule has 1 saturated carbocycles. The lowest BCUT2D eigenvalue weighted by molar-refractivity contribution is -0.150. The van der Waals surface area contributed by atoms with Gasteiger partial charge in [0, 0.05) is 11.6 Å². The number of rotatable bonds is 8. The molecule has 1 heterocycles. The number of amides is 1. The van der Waals surface area contributed by atoms with E-state index in [-0.39, 0.29) is 30.4 Å². The second-order valence-corrected chi connectivity index (χ2v) is 7.68. The molecule has 1 aliphatic carbocycles. The molecule has 1 N–H and O–H groups in total. The van der Waals surface area contributed by atoms with E-state index >= 15 is 0 Å². The first-order valence-corrected chi connectivity index (χ1v) is 10.6. The Morgan fingerprint density at radius 2 is 1.97 bits per heavy atom. The van der Waals surface area contributed by atoms with Crippen molar-refractivity contribution in [3.8, 4) is 11.5 Å². The summed E-state index contributed by atoms with van der Waals surface area (Å²) in [6.07, 6.45) is 3.41. The molecule has 8 nitrogen and oxygen atoms in total. The van der Waals surface area contributed by atoms with Gasteiger partial charge in [-0.2, -0.15) is 0 Å². The van der Waals surface area contributed by atoms with Crippen LogP contribution in [0.1, 0.15) is 60.0 Å². The maximum atomic E-state index is 12.9. The summed E-state index contributed by atoms with van der Waals surface area (Å²) in [4.78, 5) is 25.1. The molecule has 8 heteroatoms. The number of carbonyl (C=O) groups is 2. The number of nitrogens with zero attached hydrogens (tertiary/aromatic N) is 1. The largest absolute Gasteiger partial charge is 0.493 e. The molecule has 168 valence electrons. The molecule has 1 fully saturated rings. The second kappa shape index (κ2) is 10.3. The molecule has 31 heavy (non-hydrogen) atoms. The number of esters is 1. The monoisotopic (exact) mass is 430 g/mol. The van der Waals surface area contributed by atoms with E-state index < -0.39 is 0 Å². The number of ether oxygens (including phenoxy) is 3. The average Bonchev–Trinajstić information content (AvgIpc) is 3.09. The van der Waals surface area contributed by atoms with Gasteiger partial charge in [-0.05, 0) is 51.8 Å². The van der Waals surface area contributed by atoms with Gasteiger partial charge in [-0.25, -0.2) is 0 Å². The van der Waals surface area contributed by atoms with Gasteiger partial charge in [0.05, 0.1) is 30.9 Å². The molecule has 2 atom stereocenters. The molecule has 1 aliphatic rings. The SMILES string of the molecule is CCOC(=O)[C@H]1CCCC[C@H]1NC(=O)c1ccc(OCc2c(C)noc2C)c(OC)c1. The van der Waals surface area contributed by atoms with Gasteiger partial charge in [-0.3, -0.25) is 9.59 Å². The first-order valence-electron chi connectivity index (χ1n) is 10.6. The van der Waals surface area contributed by atoms with Gasteiger partial charge in [-0.15, -0.1) is 0 Å². The number of aromatic nitrogens is 1. The molecule has 0 bridgehead atoms. The van der Waals surface area contributed by atoms with E-state index in [1.54, 1.807) is 25.1 Å². The number of nitrogens with one attached hydrogen (secondary N) is 1. The zero-order chi connectivity index (χ0) is 22.4. The van der Waals surface area contributed by atoms with Crippen LogP contribution in [0.4, 0.5) is 0 Å². The highest BCUT2D eigenvalue weighted by molar-refractivity contribution is 5.95. The quantitative estimate of drug-likeness (QED) is 0.637. The standard InChI is InChI=1S/C23H30N2O6/c1-5-29-23(27)17-8-6-7-9-19(17)24-22(26)16-10-11-20(21(12-16)28-4)30-13-18-14(2)25-31-15(18)3/h10-12,17,19H,5-9,13H2,1-4H3,(H,24,26)/t17-,19+/m0/s1. The lowest BCUT2D eigenvalue weighted by atomic mass is 9.84. The van der Waals surface area contributed by atoms with Crippen LogP contribution < -0.4 is 14.8 Å². The highest BCUT2D eigenvalue weighted by Crippen LogP contribution is 2.30. The summed E-state index contributed by atoms with van der Waals surface area (Å²) in [5.41, 5.74) is 2.09. The molecule has 1 amide bonds. The van der Waals surface area contributed by atoms with Crippen LogP contribution in [0, 0.1) is 19.8 Å². The number of carbonyl (C=O) groups excluding carboxylic acids is 2. The minimum absolute atomic E-state index is 0.234. The van der Waals surface area contributed by atoms with Crippen molar-refractivity contribution in [2.75, 3.05) is 13.7 Å². The molecule has 3 rings (SSSR count). The molecule has 1 aromatic carbocycles. The van der Waals surface area contributed by atoms with Gasteiger partial charge in [0.25, 0.3) is 5.91 Å². The van der Waals surface area contributed by atoms with E-state index in [9.17, 15) is 9.59 Å². The van der Waals surface area contributed by atoms with Crippen LogP contribution in [0.3, 0.4) is 0 Å². The molecule has 0 aliphatic heterocycles. The van der Waals surface area contributed by atoms with Gasteiger partial charge in [0.15, 0.2) is 11.5 Å². The van der Waals surface area contributed by atoms with Crippen molar-refractivity contribution in [1.29, 1.82) is 0 Å². The fourth-order valence-electron chi connectivity index (χ4n) is 3.87. The van der Waals surface area contributed by atoms with Gasteiger partial charge in [0.1, 0.15) is 12.4 Å². The van der Waals surface area contributed by atoms with E-state index in [2.05, 4.69) is 10.5 Å². The van der Waals surface area contributed by atoms with Gasteiger partial charge in [-0.1, -0.05) is 18.0 Å². The summed E-state index contributed by atoms with van der Waals surface area (Å²) in [6, 6.07) is 4.79. The van der Waals surface area contributed by atoms with Crippen LogP contribution in [0.5, 0.6) is 11.5 Å². The zero-order valence-electron chi connectivity index (χ0n) is 18.5. The predicted octanol–water partition coefficient (Wildman–Crippen LogP) is 3.73. The third-order valence-electron chi connectivity index (χ3n) is 5.65. The van der Waals surface area contributed by atoms with Crippen molar-refractivity contribution in [2.45, 2.75) is 59.1 Å². The topological polar surface area (TPSA) is 99.9 Å². The average molecular weight is 431 g/mol. The third-order valence-corrected chi connectivity index (χ3v) is 5.65. The Kier molecular flexibility index (Phi) is 7.55. The predicted molar refractivity (Wildman–Crippen MR) is 113 cm³/mol. The number of benzene rings is 1. The normalized spacial score (nSPS) is 18.3. The first kappa shape index (κ1) is 22.7. The summed E-state index contributed by atoms with van der Waals surface area (Å²) < 4.78 is 21.7. The van der Waals surface area contributed by atoms with Crippen LogP contribution in [0.15, 0.2) is 22.7 Å². The molecular formula is C23H30N2O6. The highest BCUT2D eigenvalue weighted by atomic mass is 16.5. The summed E-state index contributed by atoms with van der Waals surface area (Å²) >= 11 is 0. The third kappa shape index (κ3) is 5.37. The fraction of sp³-hybridized carbons (Fsp3) is 0.522. The maximum absolute atomic E-state index is 12.9. The second-order valence-electron chi connectivity index (χ2n) is 7.68. The smallest absolute Gasteiger partial charge is 0.311 e. The van der Waals surface area contributed by atoms with E-state index in [1.807, 2.05) is 13.8 Å². The van der Waals surface area contributed by atoms with Crippen molar-refractivity contribution in [3.05, 3.63) is 40.8 Å². The lowest BCUT2D eigenvalue weighted by Gasteiger charge is -2.30. The number of hydrogen-bond acceptors (Lipinski definition) is 7. The maximum Gasteiger partial charge on any atom is 0.311 e. The van der Waals surface area contributed by atoms with Gasteiger partial charge in [0.2, 0.25) is 0 Å². The van der Waals surface area contributed by atoms with Crippen LogP contribution >= 0.6 is 0 Å². The molecule has 0 unspecified atom stereocenters. The first-order chi connectivity index (χ1) is 14.9. The fourth-order valence-corrected chi connectivity index (χ4v) is 3.87. The summed E-state index contributed by atoms with van der Waals surface area (Å²) in [6.45, 7) is 6.09. The van der Waals surface area contributed by atoms with E-state index in [0.29, 0.717) is 29.4 Å². The van der Waals surface area contributed by atoms with Crippen molar-refractivity contribution in [2.24, 2.45) is 5.92 Å². The molecule has 0 saturated heterocycles. The van der Waals surface area contributed by atoms with Crippen LogP contribution in [0.2, 0.25) is 0 Å². The zero-order valence-corrected chi connectivity index (χ0v) is 18.5. The van der Waals surface area contributed by atoms with Crippen molar-refractivity contribution in [1.82, 2.24) is 10.5 Å². The summed E-state index contributed by atoms with van der Waals surface area (Å²) in [5.74, 6) is 0.865. The molecule has 1 aromatic heterocycles. The minimum Gasteiger partial charge on any atom is -0.493 e. The van der Waals surface area contributed by atoms with E-state index in [4.69, 9.17) is 18.7 Å². The number of methoxy groups -OCH3 is 1. The Labute approximate surface area is 182 Å². The Morgan fingerprint density at radius 3 is 2.65 bits per heavy atom. The Bertz CT molecular complexity index is 903. The van der Waals surface area contributed by atoms with Crippen LogP contribution in [-0.2, 0) is 16.1 Å². The van der Waals surface area contributed by atoms with Gasteiger partial charge < -0.3 is 24.1 Å². The van der Waals surface area contributed by atoms with Crippen molar-refractivity contribution >= 4 is 11.9 Å². The number of hydrogen-bond donors (Lipinski definition) is 1. The van der Waals surface area contributed by atoms with E-state index in [0.717, 1.165) is 36.9 Å². The molecular weight excluding hydrogens is 400 g/mol. The number of aryl methyl sites for hydroxylation is 2. The molecule has 0 spiro atoms. The van der Waals surface area contributed by atoms with Gasteiger partial charge >= 0.3 is 5.97 Å². The Hall–Kier alpha value is -3.03. The summed E-state index contributed by atoms with van der Waals surface area (Å²) in [5, 5.41) is 6.93. The van der Waals surface area contributed by atoms with Crippen LogP contribution in [-0.4, -0.2) is 36.8 Å². The minimum atomic E-state index is -0.308. The lowest BCUT2D eigenvalue weighted by Crippen LogP contribution is -2.45. The molecule has 2 aromatic rings.